The Labute approximate surface area is 203 Å². The molecule has 1 fully saturated rings. The van der Waals surface area contributed by atoms with Crippen molar-refractivity contribution in [2.45, 2.75) is 69.8 Å². The van der Waals surface area contributed by atoms with E-state index in [1.165, 1.54) is 0 Å². The van der Waals surface area contributed by atoms with E-state index in [1.54, 1.807) is 18.5 Å². The van der Waals surface area contributed by atoms with Crippen molar-refractivity contribution in [1.29, 1.82) is 0 Å². The number of rotatable bonds is 1. The molecule has 0 amide bonds. The number of aliphatic hydroxyl groups is 2. The molecule has 1 aromatic heterocycles. The van der Waals surface area contributed by atoms with E-state index in [4.69, 9.17) is 0 Å². The standard InChI is InChI=1S/C29H30F3NO2/c1-27-15-25(29(30,31)32)24-14-21-13-22(34)5-4-17(21)8-10-28(24,35)26(27)7-6-23(27)19-2-3-20-16-33-11-9-18(20)12-19/h2-3,6,9,11-12,14,16-17,22,26,34-35H,4-5,7-8,10,13,15H2,1H3/t17?,22?,26?,27?,28-/m1/s1. The van der Waals surface area contributed by atoms with Crippen LogP contribution in [0.3, 0.4) is 0 Å². The second kappa shape index (κ2) is 7.78. The van der Waals surface area contributed by atoms with Crippen LogP contribution in [-0.2, 0) is 0 Å². The minimum absolute atomic E-state index is 0.0540. The van der Waals surface area contributed by atoms with Crippen LogP contribution in [0.15, 0.2) is 65.5 Å². The van der Waals surface area contributed by atoms with Crippen LogP contribution in [0, 0.1) is 17.3 Å². The zero-order valence-corrected chi connectivity index (χ0v) is 19.8. The lowest BCUT2D eigenvalue weighted by atomic mass is 9.56. The SMILES string of the molecule is CC12CC(C(F)(F)F)=C3C=C4CC(O)CCC4CC[C@]3(O)C1CC=C2c1ccc2cnccc2c1. The first kappa shape index (κ1) is 23.0. The number of benzene rings is 1. The lowest BCUT2D eigenvalue weighted by Crippen LogP contribution is -2.51. The summed E-state index contributed by atoms with van der Waals surface area (Å²) >= 11 is 0. The van der Waals surface area contributed by atoms with Gasteiger partial charge in [-0.1, -0.05) is 36.8 Å². The Morgan fingerprint density at radius 2 is 1.91 bits per heavy atom. The molecular formula is C29H30F3NO2. The molecule has 184 valence electrons. The highest BCUT2D eigenvalue weighted by atomic mass is 19.4. The highest BCUT2D eigenvalue weighted by molar-refractivity contribution is 5.87. The number of allylic oxidation sites excluding steroid dienone is 3. The van der Waals surface area contributed by atoms with Crippen molar-refractivity contribution in [3.8, 4) is 0 Å². The van der Waals surface area contributed by atoms with Crippen LogP contribution in [-0.4, -0.2) is 33.1 Å². The van der Waals surface area contributed by atoms with Gasteiger partial charge < -0.3 is 10.2 Å². The van der Waals surface area contributed by atoms with Crippen LogP contribution < -0.4 is 0 Å². The molecule has 3 nitrogen and oxygen atoms in total. The molecule has 2 aromatic rings. The summed E-state index contributed by atoms with van der Waals surface area (Å²) in [6.45, 7) is 1.91. The van der Waals surface area contributed by atoms with Gasteiger partial charge in [0, 0.05) is 34.7 Å². The highest BCUT2D eigenvalue weighted by Crippen LogP contribution is 2.64. The largest absolute Gasteiger partial charge is 0.413 e. The van der Waals surface area contributed by atoms with Crippen LogP contribution in [0.2, 0.25) is 0 Å². The number of nitrogens with zero attached hydrogens (tertiary/aromatic N) is 1. The van der Waals surface area contributed by atoms with E-state index in [0.29, 0.717) is 32.1 Å². The Morgan fingerprint density at radius 1 is 1.09 bits per heavy atom. The van der Waals surface area contributed by atoms with E-state index in [0.717, 1.165) is 33.9 Å². The molecule has 2 N–H and O–H groups in total. The first-order chi connectivity index (χ1) is 16.6. The number of hydrogen-bond donors (Lipinski definition) is 2. The first-order valence-electron chi connectivity index (χ1n) is 12.6. The average molecular weight is 482 g/mol. The molecule has 1 saturated carbocycles. The number of alkyl halides is 3. The second-order valence-electron chi connectivity index (χ2n) is 11.1. The molecule has 0 spiro atoms. The minimum atomic E-state index is -4.54. The lowest BCUT2D eigenvalue weighted by Gasteiger charge is -2.50. The molecular weight excluding hydrogens is 451 g/mol. The van der Waals surface area contributed by atoms with Gasteiger partial charge in [-0.15, -0.1) is 0 Å². The quantitative estimate of drug-likeness (QED) is 0.488. The summed E-state index contributed by atoms with van der Waals surface area (Å²) in [6.07, 6.45) is 5.29. The van der Waals surface area contributed by atoms with Gasteiger partial charge in [0.25, 0.3) is 0 Å². The second-order valence-corrected chi connectivity index (χ2v) is 11.1. The third-order valence-corrected chi connectivity index (χ3v) is 9.20. The molecule has 0 saturated heterocycles. The molecule has 6 heteroatoms. The molecule has 4 unspecified atom stereocenters. The number of pyridine rings is 1. The van der Waals surface area contributed by atoms with Gasteiger partial charge in [0.15, 0.2) is 0 Å². The van der Waals surface area contributed by atoms with E-state index in [-0.39, 0.29) is 23.8 Å². The van der Waals surface area contributed by atoms with E-state index >= 15 is 0 Å². The maximum atomic E-state index is 14.6. The zero-order chi connectivity index (χ0) is 24.6. The van der Waals surface area contributed by atoms with Crippen LogP contribution >= 0.6 is 0 Å². The maximum absolute atomic E-state index is 14.6. The van der Waals surface area contributed by atoms with E-state index in [9.17, 15) is 23.4 Å². The zero-order valence-electron chi connectivity index (χ0n) is 19.8. The smallest absolute Gasteiger partial charge is 0.393 e. The summed E-state index contributed by atoms with van der Waals surface area (Å²) in [4.78, 5) is 4.15. The summed E-state index contributed by atoms with van der Waals surface area (Å²) in [5.41, 5.74) is -0.271. The minimum Gasteiger partial charge on any atom is -0.393 e. The van der Waals surface area contributed by atoms with E-state index < -0.39 is 28.9 Å². The van der Waals surface area contributed by atoms with Gasteiger partial charge in [0.05, 0.1) is 11.7 Å². The summed E-state index contributed by atoms with van der Waals surface area (Å²) in [5, 5.41) is 24.4. The van der Waals surface area contributed by atoms with Crippen molar-refractivity contribution >= 4 is 16.3 Å². The van der Waals surface area contributed by atoms with Gasteiger partial charge >= 0.3 is 6.18 Å². The molecule has 4 aliphatic carbocycles. The van der Waals surface area contributed by atoms with Crippen molar-refractivity contribution in [3.63, 3.8) is 0 Å². The molecule has 1 aromatic carbocycles. The van der Waals surface area contributed by atoms with Gasteiger partial charge in [0.2, 0.25) is 0 Å². The number of aromatic nitrogens is 1. The highest BCUT2D eigenvalue weighted by Gasteiger charge is 2.60. The molecule has 0 bridgehead atoms. The molecule has 5 atom stereocenters. The van der Waals surface area contributed by atoms with Gasteiger partial charge in [-0.25, -0.2) is 0 Å². The molecule has 0 aliphatic heterocycles. The van der Waals surface area contributed by atoms with Crippen molar-refractivity contribution in [1.82, 2.24) is 4.98 Å². The van der Waals surface area contributed by atoms with Gasteiger partial charge in [0.1, 0.15) is 0 Å². The van der Waals surface area contributed by atoms with Crippen molar-refractivity contribution in [2.75, 3.05) is 0 Å². The Hall–Kier alpha value is -2.44. The number of halogens is 3. The van der Waals surface area contributed by atoms with Crippen molar-refractivity contribution < 1.29 is 23.4 Å². The number of aliphatic hydroxyl groups excluding tert-OH is 1. The maximum Gasteiger partial charge on any atom is 0.413 e. The number of fused-ring (bicyclic) bond motifs is 5. The molecule has 4 aliphatic rings. The van der Waals surface area contributed by atoms with Gasteiger partial charge in [-0.3, -0.25) is 4.98 Å². The fourth-order valence-electron chi connectivity index (χ4n) is 7.45. The fourth-order valence-corrected chi connectivity index (χ4v) is 7.45. The van der Waals surface area contributed by atoms with Crippen LogP contribution in [0.5, 0.6) is 0 Å². The van der Waals surface area contributed by atoms with Crippen LogP contribution in [0.4, 0.5) is 13.2 Å². The third-order valence-electron chi connectivity index (χ3n) is 9.20. The normalized spacial score (nSPS) is 35.1. The first-order valence-corrected chi connectivity index (χ1v) is 12.6. The summed E-state index contributed by atoms with van der Waals surface area (Å²) in [6, 6.07) is 7.86. The van der Waals surface area contributed by atoms with E-state index in [2.05, 4.69) is 11.1 Å². The van der Waals surface area contributed by atoms with Gasteiger partial charge in [-0.2, -0.15) is 13.2 Å². The molecule has 6 rings (SSSR count). The average Bonchev–Trinajstić information content (AvgIpc) is 3.09. The molecule has 1 heterocycles. The van der Waals surface area contributed by atoms with Crippen LogP contribution in [0.1, 0.15) is 57.4 Å². The van der Waals surface area contributed by atoms with Crippen molar-refractivity contribution in [3.05, 3.63) is 71.1 Å². The summed E-state index contributed by atoms with van der Waals surface area (Å²) in [5.74, 6) is -0.203. The Morgan fingerprint density at radius 3 is 2.71 bits per heavy atom. The Kier molecular flexibility index (Phi) is 5.11. The monoisotopic (exact) mass is 481 g/mol. The molecule has 35 heavy (non-hydrogen) atoms. The van der Waals surface area contributed by atoms with Crippen molar-refractivity contribution in [2.24, 2.45) is 17.3 Å². The van der Waals surface area contributed by atoms with E-state index in [1.807, 2.05) is 31.2 Å². The Bertz CT molecular complexity index is 1290. The third kappa shape index (κ3) is 3.52. The predicted octanol–water partition coefficient (Wildman–Crippen LogP) is 6.52. The topological polar surface area (TPSA) is 53.4 Å². The van der Waals surface area contributed by atoms with Crippen LogP contribution in [0.25, 0.3) is 16.3 Å². The fraction of sp³-hybridized carbons (Fsp3) is 0.483. The number of hydrogen-bond acceptors (Lipinski definition) is 3. The summed E-state index contributed by atoms with van der Waals surface area (Å²) < 4.78 is 43.8. The summed E-state index contributed by atoms with van der Waals surface area (Å²) in [7, 11) is 0. The predicted molar refractivity (Wildman–Crippen MR) is 129 cm³/mol. The van der Waals surface area contributed by atoms with Gasteiger partial charge in [-0.05, 0) is 85.1 Å². The lowest BCUT2D eigenvalue weighted by molar-refractivity contribution is -0.113. The molecule has 0 radical (unpaired) electrons. The Balaban J connectivity index is 1.49.